The molecular weight excluding hydrogens is 1040 g/mol. The fourth-order valence-corrected chi connectivity index (χ4v) is 13.1. The molecule has 0 aliphatic carbocycles. The van der Waals surface area contributed by atoms with Gasteiger partial charge in [0.25, 0.3) is 6.33 Å². The van der Waals surface area contributed by atoms with Crippen molar-refractivity contribution < 1.29 is 16.5 Å². The van der Waals surface area contributed by atoms with E-state index < -0.39 is 11.8 Å². The van der Waals surface area contributed by atoms with E-state index in [9.17, 15) is 2.74 Å². The van der Waals surface area contributed by atoms with Gasteiger partial charge in [-0.2, -0.15) is 0 Å². The van der Waals surface area contributed by atoms with E-state index in [2.05, 4.69) is 223 Å². The standard InChI is InChI=1S/C77H54N6O2/c1-77(2,3)46-50-41-76(78-47-65(50)49-39-53(81-66-27-10-4-21-57(66)58-22-5-11-28-67(58)81)42-54(40-49)82-68-29-12-6-23-59(68)60-24-7-13-30-69(60)82)83-70-31-14-8-25-61(70)62-37-36-56(45-73(62)83)84-55-20-18-19-51(43-55)79-48-80(72-33-16-15-32-71(72)79)52-35-38-75-64(44-52)63-26-9-17-34-74(63)85-75/h4-45,47H,46H2,1-3H3/i46D2. The maximum Gasteiger partial charge on any atom is 0.269 e. The summed E-state index contributed by atoms with van der Waals surface area (Å²) in [4.78, 5) is 5.40. The lowest BCUT2D eigenvalue weighted by Crippen LogP contribution is -2.29. The highest BCUT2D eigenvalue weighted by atomic mass is 16.5. The lowest BCUT2D eigenvalue weighted by atomic mass is 9.85. The predicted molar refractivity (Wildman–Crippen MR) is 347 cm³/mol. The highest BCUT2D eigenvalue weighted by Gasteiger charge is 2.24. The van der Waals surface area contributed by atoms with E-state index >= 15 is 0 Å². The van der Waals surface area contributed by atoms with Gasteiger partial charge in [0.15, 0.2) is 0 Å². The van der Waals surface area contributed by atoms with E-state index in [1.165, 1.54) is 0 Å². The third kappa shape index (κ3) is 7.90. The van der Waals surface area contributed by atoms with E-state index in [4.69, 9.17) is 14.1 Å². The number of furan rings is 1. The number of ether oxygens (including phenoxy) is 1. The van der Waals surface area contributed by atoms with Crippen molar-refractivity contribution in [2.75, 3.05) is 0 Å². The van der Waals surface area contributed by atoms with Crippen LogP contribution in [0.25, 0.3) is 138 Å². The van der Waals surface area contributed by atoms with Crippen LogP contribution in [0.3, 0.4) is 0 Å². The summed E-state index contributed by atoms with van der Waals surface area (Å²) in [5, 5.41) is 8.83. The first-order valence-corrected chi connectivity index (χ1v) is 28.8. The molecule has 0 fully saturated rings. The number of fused-ring (bicyclic) bond motifs is 13. The van der Waals surface area contributed by atoms with Crippen LogP contribution in [0.5, 0.6) is 11.5 Å². The van der Waals surface area contributed by atoms with Gasteiger partial charge in [0, 0.05) is 75.0 Å². The van der Waals surface area contributed by atoms with Crippen molar-refractivity contribution in [3.8, 4) is 51.2 Å². The van der Waals surface area contributed by atoms with Gasteiger partial charge in [-0.05, 0) is 132 Å². The number of para-hydroxylation sites is 8. The zero-order chi connectivity index (χ0) is 58.3. The molecule has 0 aliphatic heterocycles. The van der Waals surface area contributed by atoms with Crippen molar-refractivity contribution in [2.45, 2.75) is 27.1 Å². The quantitative estimate of drug-likeness (QED) is 0.107. The second kappa shape index (κ2) is 18.8. The van der Waals surface area contributed by atoms with Crippen LogP contribution >= 0.6 is 0 Å². The average molecular weight is 1100 g/mol. The Kier molecular flexibility index (Phi) is 10.3. The molecule has 0 aliphatic rings. The van der Waals surface area contributed by atoms with Crippen molar-refractivity contribution in [2.24, 2.45) is 5.41 Å². The average Bonchev–Trinajstić information content (AvgIpc) is 1.86. The number of hydrogen-bond acceptors (Lipinski definition) is 3. The number of nitrogens with zero attached hydrogens (tertiary/aromatic N) is 6. The predicted octanol–water partition coefficient (Wildman–Crippen LogP) is 19.3. The molecule has 0 amide bonds. The SMILES string of the molecule is [2H]C([2H])(c1cc(-n2c3ccccc3c3ccc(Oc4cccc(-n5[c-][n+](-c6ccc7oc8ccccc8c7c6)c6ccccc65)c4)cc32)ncc1-c1cc(-n2c3ccccc3c3ccccc32)cc(-n2c3ccccc3c3ccccc32)c1)C(C)(C)C. The largest absolute Gasteiger partial charge is 0.458 e. The highest BCUT2D eigenvalue weighted by Crippen LogP contribution is 2.42. The molecule has 0 radical (unpaired) electrons. The first-order chi connectivity index (χ1) is 42.5. The summed E-state index contributed by atoms with van der Waals surface area (Å²) in [6.45, 7) is 5.93. The highest BCUT2D eigenvalue weighted by molar-refractivity contribution is 6.12. The second-order valence-corrected chi connectivity index (χ2v) is 23.1. The molecule has 0 atom stereocenters. The molecule has 85 heavy (non-hydrogen) atoms. The fourth-order valence-electron chi connectivity index (χ4n) is 13.1. The molecular formula is C77H54N6O2. The van der Waals surface area contributed by atoms with Crippen LogP contribution in [0, 0.1) is 11.7 Å². The van der Waals surface area contributed by atoms with Gasteiger partial charge < -0.3 is 18.3 Å². The van der Waals surface area contributed by atoms with Crippen molar-refractivity contribution in [1.29, 1.82) is 0 Å². The molecule has 8 heteroatoms. The van der Waals surface area contributed by atoms with E-state index in [0.29, 0.717) is 28.4 Å². The van der Waals surface area contributed by atoms with Crippen molar-refractivity contribution in [3.05, 3.63) is 273 Å². The number of imidazole rings is 1. The number of rotatable bonds is 9. The Morgan fingerprint density at radius 2 is 0.976 bits per heavy atom. The Morgan fingerprint density at radius 3 is 1.60 bits per heavy atom. The number of benzene rings is 11. The zero-order valence-electron chi connectivity index (χ0n) is 48.8. The van der Waals surface area contributed by atoms with Gasteiger partial charge in [-0.15, -0.1) is 0 Å². The Balaban J connectivity index is 0.811. The van der Waals surface area contributed by atoms with Crippen LogP contribution in [0.15, 0.2) is 265 Å². The summed E-state index contributed by atoms with van der Waals surface area (Å²) in [7, 11) is 0. The van der Waals surface area contributed by atoms with Gasteiger partial charge in [-0.25, -0.2) is 4.98 Å². The molecule has 0 N–H and O–H groups in total. The van der Waals surface area contributed by atoms with Gasteiger partial charge in [0.1, 0.15) is 28.5 Å². The molecule has 404 valence electrons. The van der Waals surface area contributed by atoms with Gasteiger partial charge >= 0.3 is 0 Å². The Bertz CT molecular complexity index is 5440. The summed E-state index contributed by atoms with van der Waals surface area (Å²) in [6.07, 6.45) is 3.72. The first-order valence-electron chi connectivity index (χ1n) is 29.8. The molecule has 0 bridgehead atoms. The van der Waals surface area contributed by atoms with Gasteiger partial charge in [0.05, 0.1) is 55.5 Å². The third-order valence-electron chi connectivity index (χ3n) is 16.7. The maximum absolute atomic E-state index is 10.2. The van der Waals surface area contributed by atoms with Crippen molar-refractivity contribution in [1.82, 2.24) is 23.3 Å². The van der Waals surface area contributed by atoms with Crippen LogP contribution in [0.1, 0.15) is 29.1 Å². The van der Waals surface area contributed by atoms with Crippen LogP contribution in [-0.4, -0.2) is 23.3 Å². The number of hydrogen-bond donors (Lipinski definition) is 0. The molecule has 17 rings (SSSR count). The molecule has 0 unspecified atom stereocenters. The minimum Gasteiger partial charge on any atom is -0.458 e. The third-order valence-corrected chi connectivity index (χ3v) is 16.7. The van der Waals surface area contributed by atoms with Gasteiger partial charge in [-0.3, -0.25) is 13.7 Å². The molecule has 11 aromatic carbocycles. The van der Waals surface area contributed by atoms with Crippen LogP contribution in [0.4, 0.5) is 0 Å². The summed E-state index contributed by atoms with van der Waals surface area (Å²) in [5.74, 6) is 1.89. The topological polar surface area (TPSA) is 58.9 Å². The molecule has 0 spiro atoms. The fraction of sp³-hybridized carbons (Fsp3) is 0.0649. The first kappa shape index (κ1) is 46.6. The van der Waals surface area contributed by atoms with Crippen LogP contribution in [-0.2, 0) is 6.37 Å². The summed E-state index contributed by atoms with van der Waals surface area (Å²) < 4.78 is 44.6. The Morgan fingerprint density at radius 1 is 0.447 bits per heavy atom. The van der Waals surface area contributed by atoms with E-state index in [-0.39, 0.29) is 0 Å². The maximum atomic E-state index is 10.2. The molecule has 0 saturated heterocycles. The number of pyridine rings is 1. The van der Waals surface area contributed by atoms with E-state index in [1.54, 1.807) is 0 Å². The second-order valence-electron chi connectivity index (χ2n) is 23.1. The smallest absolute Gasteiger partial charge is 0.269 e. The van der Waals surface area contributed by atoms with Crippen molar-refractivity contribution in [3.63, 3.8) is 0 Å². The number of aromatic nitrogens is 6. The molecule has 6 aromatic heterocycles. The Hall–Kier alpha value is -11.0. The van der Waals surface area contributed by atoms with Crippen LogP contribution in [0.2, 0.25) is 0 Å². The molecule has 8 nitrogen and oxygen atoms in total. The Labute approximate surface area is 492 Å². The van der Waals surface area contributed by atoms with E-state index in [1.807, 2.05) is 87.6 Å². The van der Waals surface area contributed by atoms with E-state index in [0.717, 1.165) is 127 Å². The normalized spacial score (nSPS) is 12.7. The molecule has 17 aromatic rings. The molecule has 6 heterocycles. The minimum absolute atomic E-state index is 0.536. The molecule has 0 saturated carbocycles. The summed E-state index contributed by atoms with van der Waals surface area (Å²) >= 11 is 0. The summed E-state index contributed by atoms with van der Waals surface area (Å²) in [6, 6.07) is 88.4. The lowest BCUT2D eigenvalue weighted by molar-refractivity contribution is -0.572. The minimum atomic E-state index is -1.85. The van der Waals surface area contributed by atoms with Gasteiger partial charge in [-0.1, -0.05) is 160 Å². The lowest BCUT2D eigenvalue weighted by Gasteiger charge is -2.22. The van der Waals surface area contributed by atoms with Crippen molar-refractivity contribution >= 4 is 98.4 Å². The zero-order valence-corrected chi connectivity index (χ0v) is 46.8. The van der Waals surface area contributed by atoms with Gasteiger partial charge in [0.2, 0.25) is 0 Å². The van der Waals surface area contributed by atoms with Crippen LogP contribution < -0.4 is 9.30 Å². The summed E-state index contributed by atoms with van der Waals surface area (Å²) in [5.41, 5.74) is 14.9. The monoisotopic (exact) mass is 1100 g/mol.